The summed E-state index contributed by atoms with van der Waals surface area (Å²) < 4.78 is 16.6. The third-order valence-electron chi connectivity index (χ3n) is 3.49. The van der Waals surface area contributed by atoms with Crippen LogP contribution >= 0.6 is 0 Å². The van der Waals surface area contributed by atoms with Gasteiger partial charge in [0.2, 0.25) is 0 Å². The van der Waals surface area contributed by atoms with Gasteiger partial charge in [-0.1, -0.05) is 0 Å². The maximum absolute atomic E-state index is 12.2. The van der Waals surface area contributed by atoms with Crippen molar-refractivity contribution < 1.29 is 18.7 Å². The Kier molecular flexibility index (Phi) is 4.93. The van der Waals surface area contributed by atoms with Gasteiger partial charge in [-0.15, -0.1) is 0 Å². The quantitative estimate of drug-likeness (QED) is 0.848. The lowest BCUT2D eigenvalue weighted by Gasteiger charge is -2.29. The van der Waals surface area contributed by atoms with Crippen LogP contribution in [0.2, 0.25) is 0 Å². The second-order valence-corrected chi connectivity index (χ2v) is 6.46. The molecule has 1 saturated heterocycles. The molecular formula is C16H25NO4. The van der Waals surface area contributed by atoms with E-state index in [1.165, 1.54) is 0 Å². The number of carbonyl (C=O) groups is 1. The van der Waals surface area contributed by atoms with Gasteiger partial charge in [0.15, 0.2) is 0 Å². The molecule has 1 fully saturated rings. The Morgan fingerprint density at radius 1 is 1.52 bits per heavy atom. The Bertz CT molecular complexity index is 449. The third-order valence-corrected chi connectivity index (χ3v) is 3.49. The summed E-state index contributed by atoms with van der Waals surface area (Å²) in [7, 11) is 0. The minimum atomic E-state index is -0.466. The molecule has 0 aliphatic carbocycles. The normalized spacial score (nSPS) is 20.6. The molecule has 0 aromatic carbocycles. The summed E-state index contributed by atoms with van der Waals surface area (Å²) in [5.41, 5.74) is -0.466. The molecule has 0 spiro atoms. The van der Waals surface area contributed by atoms with Crippen LogP contribution in [0.4, 0.5) is 4.79 Å². The lowest BCUT2D eigenvalue weighted by molar-refractivity contribution is -0.00591. The highest BCUT2D eigenvalue weighted by Gasteiger charge is 2.32. The summed E-state index contributed by atoms with van der Waals surface area (Å²) >= 11 is 0. The second-order valence-electron chi connectivity index (χ2n) is 6.46. The van der Waals surface area contributed by atoms with Crippen LogP contribution in [-0.2, 0) is 9.47 Å². The first-order valence-corrected chi connectivity index (χ1v) is 7.51. The monoisotopic (exact) mass is 295 g/mol. The van der Waals surface area contributed by atoms with Crippen molar-refractivity contribution in [3.05, 3.63) is 24.2 Å². The largest absolute Gasteiger partial charge is 0.467 e. The summed E-state index contributed by atoms with van der Waals surface area (Å²) in [6.07, 6.45) is 3.21. The first-order chi connectivity index (χ1) is 9.87. The number of nitrogens with zero attached hydrogens (tertiary/aromatic N) is 1. The summed E-state index contributed by atoms with van der Waals surface area (Å²) in [6.45, 7) is 8.83. The Morgan fingerprint density at radius 3 is 2.90 bits per heavy atom. The van der Waals surface area contributed by atoms with Crippen molar-refractivity contribution in [2.24, 2.45) is 0 Å². The van der Waals surface area contributed by atoms with Crippen LogP contribution in [0.15, 0.2) is 22.8 Å². The molecule has 0 unspecified atom stereocenters. The van der Waals surface area contributed by atoms with Crippen LogP contribution in [0.25, 0.3) is 0 Å². The molecule has 118 valence electrons. The highest BCUT2D eigenvalue weighted by atomic mass is 16.6. The molecule has 1 aliphatic rings. The van der Waals surface area contributed by atoms with Crippen molar-refractivity contribution in [2.45, 2.75) is 58.3 Å². The molecule has 2 heterocycles. The van der Waals surface area contributed by atoms with Gasteiger partial charge in [-0.2, -0.15) is 0 Å². The fourth-order valence-corrected chi connectivity index (χ4v) is 2.43. The summed E-state index contributed by atoms with van der Waals surface area (Å²) in [5.74, 6) is 0.803. The molecule has 5 nitrogen and oxygen atoms in total. The van der Waals surface area contributed by atoms with Crippen LogP contribution in [0.1, 0.15) is 52.4 Å². The minimum absolute atomic E-state index is 0.0808. The number of furan rings is 1. The van der Waals surface area contributed by atoms with Crippen LogP contribution in [-0.4, -0.2) is 35.8 Å². The Balaban J connectivity index is 1.86. The number of hydrogen-bond acceptors (Lipinski definition) is 4. The van der Waals surface area contributed by atoms with E-state index in [-0.39, 0.29) is 18.2 Å². The average Bonchev–Trinajstić information content (AvgIpc) is 3.04. The minimum Gasteiger partial charge on any atom is -0.467 e. The van der Waals surface area contributed by atoms with Crippen molar-refractivity contribution in [3.8, 4) is 0 Å². The highest BCUT2D eigenvalue weighted by molar-refractivity contribution is 5.68. The van der Waals surface area contributed by atoms with Gasteiger partial charge in [0.05, 0.1) is 18.9 Å². The lowest BCUT2D eigenvalue weighted by Crippen LogP contribution is -2.41. The van der Waals surface area contributed by atoms with E-state index < -0.39 is 5.60 Å². The van der Waals surface area contributed by atoms with E-state index in [1.807, 2.05) is 39.8 Å². The topological polar surface area (TPSA) is 51.9 Å². The average molecular weight is 295 g/mol. The molecular weight excluding hydrogens is 270 g/mol. The van der Waals surface area contributed by atoms with Gasteiger partial charge in [0.1, 0.15) is 17.5 Å². The molecule has 5 heteroatoms. The van der Waals surface area contributed by atoms with Crippen LogP contribution in [0, 0.1) is 0 Å². The zero-order valence-electron chi connectivity index (χ0n) is 13.3. The van der Waals surface area contributed by atoms with E-state index in [1.54, 1.807) is 11.2 Å². The number of carbonyl (C=O) groups excluding carboxylic acids is 1. The van der Waals surface area contributed by atoms with Gasteiger partial charge in [-0.3, -0.25) is 0 Å². The van der Waals surface area contributed by atoms with Crippen LogP contribution in [0.3, 0.4) is 0 Å². The van der Waals surface area contributed by atoms with Crippen molar-refractivity contribution in [3.63, 3.8) is 0 Å². The van der Waals surface area contributed by atoms with Gasteiger partial charge < -0.3 is 18.8 Å². The predicted molar refractivity (Wildman–Crippen MR) is 79.0 cm³/mol. The Morgan fingerprint density at radius 2 is 2.29 bits per heavy atom. The SMILES string of the molecule is C[C@H](OC[C@H]1CCCN1C(=O)OC(C)(C)C)c1ccco1. The molecule has 0 radical (unpaired) electrons. The molecule has 0 N–H and O–H groups in total. The number of amides is 1. The molecule has 1 aromatic heterocycles. The molecule has 2 rings (SSSR count). The second kappa shape index (κ2) is 6.52. The number of ether oxygens (including phenoxy) is 2. The number of likely N-dealkylation sites (tertiary alicyclic amines) is 1. The van der Waals surface area contributed by atoms with E-state index in [9.17, 15) is 4.79 Å². The smallest absolute Gasteiger partial charge is 0.410 e. The molecule has 2 atom stereocenters. The first kappa shape index (κ1) is 15.9. The van der Waals surface area contributed by atoms with E-state index in [0.29, 0.717) is 6.61 Å². The highest BCUT2D eigenvalue weighted by Crippen LogP contribution is 2.24. The zero-order chi connectivity index (χ0) is 15.5. The van der Waals surface area contributed by atoms with Gasteiger partial charge in [0.25, 0.3) is 0 Å². The van der Waals surface area contributed by atoms with Crippen molar-refractivity contribution in [1.82, 2.24) is 4.90 Å². The van der Waals surface area contributed by atoms with Gasteiger partial charge >= 0.3 is 6.09 Å². The van der Waals surface area contributed by atoms with E-state index in [0.717, 1.165) is 25.1 Å². The van der Waals surface area contributed by atoms with E-state index >= 15 is 0 Å². The van der Waals surface area contributed by atoms with Crippen LogP contribution < -0.4 is 0 Å². The standard InChI is InChI=1S/C16H25NO4/c1-12(14-8-6-10-19-14)20-11-13-7-5-9-17(13)15(18)21-16(2,3)4/h6,8,10,12-13H,5,7,9,11H2,1-4H3/t12-,13+/m0/s1. The molecule has 0 saturated carbocycles. The van der Waals surface area contributed by atoms with E-state index in [4.69, 9.17) is 13.9 Å². The number of rotatable bonds is 4. The van der Waals surface area contributed by atoms with Gasteiger partial charge in [-0.25, -0.2) is 4.79 Å². The molecule has 0 bridgehead atoms. The Labute approximate surface area is 126 Å². The lowest BCUT2D eigenvalue weighted by atomic mass is 10.2. The molecule has 1 amide bonds. The zero-order valence-corrected chi connectivity index (χ0v) is 13.3. The van der Waals surface area contributed by atoms with Crippen molar-refractivity contribution in [1.29, 1.82) is 0 Å². The van der Waals surface area contributed by atoms with Crippen molar-refractivity contribution in [2.75, 3.05) is 13.2 Å². The first-order valence-electron chi connectivity index (χ1n) is 7.51. The maximum atomic E-state index is 12.2. The van der Waals surface area contributed by atoms with Gasteiger partial charge in [-0.05, 0) is 52.7 Å². The summed E-state index contributed by atoms with van der Waals surface area (Å²) in [4.78, 5) is 14.0. The predicted octanol–water partition coefficient (Wildman–Crippen LogP) is 3.76. The molecule has 1 aromatic rings. The third kappa shape index (κ3) is 4.49. The van der Waals surface area contributed by atoms with E-state index in [2.05, 4.69) is 0 Å². The summed E-state index contributed by atoms with van der Waals surface area (Å²) in [5, 5.41) is 0. The van der Waals surface area contributed by atoms with Gasteiger partial charge in [0, 0.05) is 6.54 Å². The number of hydrogen-bond donors (Lipinski definition) is 0. The fraction of sp³-hybridized carbons (Fsp3) is 0.688. The maximum Gasteiger partial charge on any atom is 0.410 e. The molecule has 1 aliphatic heterocycles. The Hall–Kier alpha value is -1.49. The molecule has 21 heavy (non-hydrogen) atoms. The van der Waals surface area contributed by atoms with Crippen LogP contribution in [0.5, 0.6) is 0 Å². The summed E-state index contributed by atoms with van der Waals surface area (Å²) in [6, 6.07) is 3.82. The van der Waals surface area contributed by atoms with Crippen molar-refractivity contribution >= 4 is 6.09 Å². The fourth-order valence-electron chi connectivity index (χ4n) is 2.43.